The van der Waals surface area contributed by atoms with Crippen molar-refractivity contribution in [3.63, 3.8) is 0 Å². The van der Waals surface area contributed by atoms with E-state index in [1.165, 1.54) is 18.2 Å². The Hall–Kier alpha value is -1.71. The molecule has 0 aromatic heterocycles. The number of nitro groups is 1. The average Bonchev–Trinajstić information content (AvgIpc) is 2.37. The number of nitrogens with two attached hydrogens (primary N) is 1. The van der Waals surface area contributed by atoms with E-state index < -0.39 is 25.5 Å². The maximum atomic E-state index is 12.2. The van der Waals surface area contributed by atoms with E-state index in [2.05, 4.69) is 4.72 Å². The van der Waals surface area contributed by atoms with Crippen LogP contribution in [-0.2, 0) is 10.0 Å². The molecule has 1 aromatic rings. The molecule has 0 amide bonds. The summed E-state index contributed by atoms with van der Waals surface area (Å²) < 4.78 is 26.7. The minimum atomic E-state index is -3.98. The highest BCUT2D eigenvalue weighted by molar-refractivity contribution is 7.89. The van der Waals surface area contributed by atoms with Gasteiger partial charge in [0.15, 0.2) is 4.90 Å². The molecule has 0 aliphatic rings. The van der Waals surface area contributed by atoms with Crippen LogP contribution in [0.15, 0.2) is 23.1 Å². The summed E-state index contributed by atoms with van der Waals surface area (Å²) in [4.78, 5) is 11.7. The molecule has 1 rings (SSSR count). The first-order valence-corrected chi connectivity index (χ1v) is 7.88. The molecule has 3 N–H and O–H groups in total. The molecule has 0 atom stereocenters. The summed E-state index contributed by atoms with van der Waals surface area (Å²) >= 11 is 0. The van der Waals surface area contributed by atoms with Gasteiger partial charge in [0.25, 0.3) is 0 Å². The van der Waals surface area contributed by atoms with Gasteiger partial charge in [-0.1, -0.05) is 6.07 Å². The third-order valence-electron chi connectivity index (χ3n) is 3.14. The number of hydrogen-bond donors (Lipinski definition) is 2. The highest BCUT2D eigenvalue weighted by Crippen LogP contribution is 2.29. The standard InChI is InChI=1S/C12H20N4O4S/c1-9(2)15(3)8-7-14-21(19,20)11-6-4-5-10(13)12(11)16(17)18/h4-6,9,14H,7-8,13H2,1-3H3. The van der Waals surface area contributed by atoms with Gasteiger partial charge in [0.05, 0.1) is 4.92 Å². The summed E-state index contributed by atoms with van der Waals surface area (Å²) in [5.74, 6) is 0. The van der Waals surface area contributed by atoms with Crippen LogP contribution in [0.25, 0.3) is 0 Å². The van der Waals surface area contributed by atoms with Crippen molar-refractivity contribution in [1.82, 2.24) is 9.62 Å². The van der Waals surface area contributed by atoms with Crippen molar-refractivity contribution in [3.05, 3.63) is 28.3 Å². The lowest BCUT2D eigenvalue weighted by Crippen LogP contribution is -2.36. The number of benzene rings is 1. The van der Waals surface area contributed by atoms with Gasteiger partial charge in [-0.25, -0.2) is 13.1 Å². The maximum absolute atomic E-state index is 12.2. The Morgan fingerprint density at radius 3 is 2.57 bits per heavy atom. The van der Waals surface area contributed by atoms with Gasteiger partial charge in [-0.2, -0.15) is 0 Å². The molecule has 118 valence electrons. The van der Waals surface area contributed by atoms with E-state index in [0.29, 0.717) is 6.54 Å². The lowest BCUT2D eigenvalue weighted by Gasteiger charge is -2.20. The topological polar surface area (TPSA) is 119 Å². The van der Waals surface area contributed by atoms with Gasteiger partial charge in [-0.15, -0.1) is 0 Å². The summed E-state index contributed by atoms with van der Waals surface area (Å²) in [6.07, 6.45) is 0. The second-order valence-corrected chi connectivity index (χ2v) is 6.66. The van der Waals surface area contributed by atoms with Gasteiger partial charge in [0.2, 0.25) is 10.0 Å². The maximum Gasteiger partial charge on any atom is 0.312 e. The number of rotatable bonds is 7. The van der Waals surface area contributed by atoms with Crippen LogP contribution in [0.2, 0.25) is 0 Å². The lowest BCUT2D eigenvalue weighted by atomic mass is 10.3. The van der Waals surface area contributed by atoms with Crippen LogP contribution in [0.3, 0.4) is 0 Å². The Labute approximate surface area is 124 Å². The number of sulfonamides is 1. The molecule has 0 heterocycles. The number of likely N-dealkylation sites (N-methyl/N-ethyl adjacent to an activating group) is 1. The number of anilines is 1. The fourth-order valence-corrected chi connectivity index (χ4v) is 2.86. The number of nitrogens with zero attached hydrogens (tertiary/aromatic N) is 2. The summed E-state index contributed by atoms with van der Waals surface area (Å²) in [6, 6.07) is 4.11. The molecule has 0 radical (unpaired) electrons. The van der Waals surface area contributed by atoms with Crippen molar-refractivity contribution >= 4 is 21.4 Å². The van der Waals surface area contributed by atoms with Crippen LogP contribution in [0.4, 0.5) is 11.4 Å². The van der Waals surface area contributed by atoms with Gasteiger partial charge < -0.3 is 10.6 Å². The summed E-state index contributed by atoms with van der Waals surface area (Å²) in [5, 5.41) is 11.0. The Bertz CT molecular complexity index is 616. The van der Waals surface area contributed by atoms with Crippen LogP contribution >= 0.6 is 0 Å². The zero-order valence-corrected chi connectivity index (χ0v) is 13.1. The van der Waals surface area contributed by atoms with Gasteiger partial charge >= 0.3 is 5.69 Å². The minimum absolute atomic E-state index is 0.156. The van der Waals surface area contributed by atoms with Gasteiger partial charge in [-0.3, -0.25) is 10.1 Å². The Morgan fingerprint density at radius 2 is 2.05 bits per heavy atom. The van der Waals surface area contributed by atoms with Crippen molar-refractivity contribution in [3.8, 4) is 0 Å². The second-order valence-electron chi connectivity index (χ2n) is 4.92. The lowest BCUT2D eigenvalue weighted by molar-refractivity contribution is -0.386. The average molecular weight is 316 g/mol. The van der Waals surface area contributed by atoms with Crippen LogP contribution < -0.4 is 10.5 Å². The van der Waals surface area contributed by atoms with Crippen molar-refractivity contribution < 1.29 is 13.3 Å². The molecule has 0 unspecified atom stereocenters. The first-order valence-electron chi connectivity index (χ1n) is 6.39. The number of nitrogens with one attached hydrogen (secondary N) is 1. The molecule has 9 heteroatoms. The summed E-state index contributed by atoms with van der Waals surface area (Å²) in [7, 11) is -2.12. The van der Waals surface area contributed by atoms with E-state index in [1.807, 2.05) is 25.8 Å². The predicted molar refractivity (Wildman–Crippen MR) is 80.5 cm³/mol. The summed E-state index contributed by atoms with van der Waals surface area (Å²) in [6.45, 7) is 4.62. The molecule has 8 nitrogen and oxygen atoms in total. The quantitative estimate of drug-likeness (QED) is 0.436. The van der Waals surface area contributed by atoms with Crippen LogP contribution in [-0.4, -0.2) is 44.4 Å². The molecule has 0 bridgehead atoms. The third-order valence-corrected chi connectivity index (χ3v) is 4.63. The zero-order chi connectivity index (χ0) is 16.2. The summed E-state index contributed by atoms with van der Waals surface area (Å²) in [5.41, 5.74) is 4.72. The predicted octanol–water partition coefficient (Wildman–Crippen LogP) is 0.796. The molecule has 0 spiro atoms. The molecule has 0 saturated heterocycles. The fraction of sp³-hybridized carbons (Fsp3) is 0.500. The van der Waals surface area contributed by atoms with Crippen LogP contribution in [0.1, 0.15) is 13.8 Å². The van der Waals surface area contributed by atoms with Gasteiger partial charge in [0.1, 0.15) is 5.69 Å². The van der Waals surface area contributed by atoms with Gasteiger partial charge in [-0.05, 0) is 33.0 Å². The van der Waals surface area contributed by atoms with E-state index in [9.17, 15) is 18.5 Å². The SMILES string of the molecule is CC(C)N(C)CCNS(=O)(=O)c1cccc(N)c1[N+](=O)[O-]. The molecule has 0 fully saturated rings. The van der Waals surface area contributed by atoms with Crippen LogP contribution in [0, 0.1) is 10.1 Å². The molecule has 0 aliphatic heterocycles. The highest BCUT2D eigenvalue weighted by atomic mass is 32.2. The first-order chi connectivity index (χ1) is 9.66. The third kappa shape index (κ3) is 4.38. The van der Waals surface area contributed by atoms with Crippen molar-refractivity contribution in [2.45, 2.75) is 24.8 Å². The highest BCUT2D eigenvalue weighted by Gasteiger charge is 2.27. The number of hydrogen-bond acceptors (Lipinski definition) is 6. The van der Waals surface area contributed by atoms with Gasteiger partial charge in [0, 0.05) is 19.1 Å². The molecule has 0 saturated carbocycles. The van der Waals surface area contributed by atoms with Crippen molar-refractivity contribution in [2.75, 3.05) is 25.9 Å². The van der Waals surface area contributed by atoms with E-state index >= 15 is 0 Å². The number of nitrogen functional groups attached to an aromatic ring is 1. The molecule has 1 aromatic carbocycles. The smallest absolute Gasteiger partial charge is 0.312 e. The Kier molecular flexibility index (Phi) is 5.64. The Morgan fingerprint density at radius 1 is 1.43 bits per heavy atom. The molecule has 21 heavy (non-hydrogen) atoms. The number of nitro benzene ring substituents is 1. The largest absolute Gasteiger partial charge is 0.393 e. The monoisotopic (exact) mass is 316 g/mol. The van der Waals surface area contributed by atoms with E-state index in [4.69, 9.17) is 5.73 Å². The molecular formula is C12H20N4O4S. The van der Waals surface area contributed by atoms with E-state index in [1.54, 1.807) is 0 Å². The van der Waals surface area contributed by atoms with Crippen molar-refractivity contribution in [1.29, 1.82) is 0 Å². The second kappa shape index (κ2) is 6.83. The Balaban J connectivity index is 2.94. The van der Waals surface area contributed by atoms with E-state index in [0.717, 1.165) is 0 Å². The normalized spacial score (nSPS) is 12.0. The zero-order valence-electron chi connectivity index (χ0n) is 12.2. The van der Waals surface area contributed by atoms with Crippen LogP contribution in [0.5, 0.6) is 0 Å². The van der Waals surface area contributed by atoms with E-state index in [-0.39, 0.29) is 18.3 Å². The van der Waals surface area contributed by atoms with Crippen molar-refractivity contribution in [2.24, 2.45) is 0 Å². The molecular weight excluding hydrogens is 296 g/mol. The molecule has 0 aliphatic carbocycles. The number of para-hydroxylation sites is 1. The first kappa shape index (κ1) is 17.3. The fourth-order valence-electron chi connectivity index (χ4n) is 1.64. The minimum Gasteiger partial charge on any atom is -0.393 e.